The Morgan fingerprint density at radius 2 is 1.77 bits per heavy atom. The largest absolute Gasteiger partial charge is 0.371 e. The quantitative estimate of drug-likeness (QED) is 0.563. The average Bonchev–Trinajstić information content (AvgIpc) is 3.44. The summed E-state index contributed by atoms with van der Waals surface area (Å²) in [6, 6.07) is 14.5. The Morgan fingerprint density at radius 1 is 1.10 bits per heavy atom. The molecular formula is C25H29FN4O. The van der Waals surface area contributed by atoms with Crippen LogP contribution in [0.5, 0.6) is 0 Å². The van der Waals surface area contributed by atoms with Crippen LogP contribution in [0.2, 0.25) is 0 Å². The van der Waals surface area contributed by atoms with Crippen LogP contribution in [0.25, 0.3) is 5.69 Å². The van der Waals surface area contributed by atoms with Crippen molar-refractivity contribution in [3.8, 4) is 5.69 Å². The number of benzene rings is 2. The zero-order valence-corrected chi connectivity index (χ0v) is 18.4. The highest BCUT2D eigenvalue weighted by Crippen LogP contribution is 2.28. The minimum absolute atomic E-state index is 0.0618. The molecule has 2 heterocycles. The van der Waals surface area contributed by atoms with Crippen LogP contribution in [0.1, 0.15) is 54.2 Å². The fourth-order valence-electron chi connectivity index (χ4n) is 4.31. The number of carbonyl (C=O) groups excluding carboxylic acids is 1. The molecule has 0 aliphatic carbocycles. The van der Waals surface area contributed by atoms with Crippen LogP contribution in [0.15, 0.2) is 54.7 Å². The van der Waals surface area contributed by atoms with Crippen molar-refractivity contribution >= 4 is 11.6 Å². The predicted octanol–water partition coefficient (Wildman–Crippen LogP) is 5.01. The number of rotatable bonds is 6. The van der Waals surface area contributed by atoms with Crippen molar-refractivity contribution in [1.82, 2.24) is 14.7 Å². The highest BCUT2D eigenvalue weighted by molar-refractivity contribution is 5.95. The maximum atomic E-state index is 13.4. The maximum absolute atomic E-state index is 13.4. The number of halogens is 1. The summed E-state index contributed by atoms with van der Waals surface area (Å²) in [6.45, 7) is 6.74. The summed E-state index contributed by atoms with van der Waals surface area (Å²) in [6.07, 6.45) is 4.05. The molecule has 5 nitrogen and oxygen atoms in total. The molecule has 0 bridgehead atoms. The number of hydrogen-bond acceptors (Lipinski definition) is 3. The SMILES string of the molecule is CC(C)c1c(C(=O)N(C)Cc2ccccc2N2CCCC2)cnn1-c1ccc(F)cc1. The lowest BCUT2D eigenvalue weighted by atomic mass is 10.0. The van der Waals surface area contributed by atoms with Crippen molar-refractivity contribution in [3.63, 3.8) is 0 Å². The third kappa shape index (κ3) is 4.33. The molecule has 0 spiro atoms. The van der Waals surface area contributed by atoms with Gasteiger partial charge in [0.05, 0.1) is 23.1 Å². The van der Waals surface area contributed by atoms with Gasteiger partial charge in [-0.05, 0) is 54.7 Å². The van der Waals surface area contributed by atoms with Gasteiger partial charge in [0.2, 0.25) is 0 Å². The van der Waals surface area contributed by atoms with Gasteiger partial charge in [0.15, 0.2) is 0 Å². The molecule has 3 aromatic rings. The number of aromatic nitrogens is 2. The van der Waals surface area contributed by atoms with Gasteiger partial charge in [-0.1, -0.05) is 32.0 Å². The third-order valence-electron chi connectivity index (χ3n) is 5.85. The van der Waals surface area contributed by atoms with E-state index in [0.717, 1.165) is 30.0 Å². The van der Waals surface area contributed by atoms with Gasteiger partial charge in [-0.2, -0.15) is 5.10 Å². The van der Waals surface area contributed by atoms with E-state index in [9.17, 15) is 9.18 Å². The molecule has 1 amide bonds. The lowest BCUT2D eigenvalue weighted by Gasteiger charge is -2.25. The highest BCUT2D eigenvalue weighted by atomic mass is 19.1. The van der Waals surface area contributed by atoms with E-state index in [-0.39, 0.29) is 17.6 Å². The first-order valence-electron chi connectivity index (χ1n) is 10.9. The van der Waals surface area contributed by atoms with Gasteiger partial charge in [0.1, 0.15) is 5.82 Å². The Balaban J connectivity index is 1.61. The van der Waals surface area contributed by atoms with E-state index < -0.39 is 0 Å². The number of carbonyl (C=O) groups is 1. The highest BCUT2D eigenvalue weighted by Gasteiger charge is 2.24. The molecule has 0 atom stereocenters. The lowest BCUT2D eigenvalue weighted by Crippen LogP contribution is -2.28. The van der Waals surface area contributed by atoms with Crippen LogP contribution in [0.4, 0.5) is 10.1 Å². The lowest BCUT2D eigenvalue weighted by molar-refractivity contribution is 0.0783. The maximum Gasteiger partial charge on any atom is 0.257 e. The Morgan fingerprint density at radius 3 is 2.45 bits per heavy atom. The van der Waals surface area contributed by atoms with Crippen LogP contribution in [-0.2, 0) is 6.54 Å². The van der Waals surface area contributed by atoms with Crippen molar-refractivity contribution in [2.75, 3.05) is 25.0 Å². The normalized spacial score (nSPS) is 13.8. The Hall–Kier alpha value is -3.15. The van der Waals surface area contributed by atoms with Crippen molar-refractivity contribution in [2.24, 2.45) is 0 Å². The standard InChI is InChI=1S/C25H29FN4O/c1-18(2)24-22(16-27-30(24)21-12-10-20(26)11-13-21)25(31)28(3)17-19-8-4-5-9-23(19)29-14-6-7-15-29/h4-5,8-13,16,18H,6-7,14-15,17H2,1-3H3. The first-order valence-corrected chi connectivity index (χ1v) is 10.9. The fourth-order valence-corrected chi connectivity index (χ4v) is 4.31. The van der Waals surface area contributed by atoms with Crippen molar-refractivity contribution in [1.29, 1.82) is 0 Å². The molecule has 1 aromatic heterocycles. The second kappa shape index (κ2) is 8.92. The molecule has 1 fully saturated rings. The number of para-hydroxylation sites is 1. The molecule has 1 aliphatic heterocycles. The fraction of sp³-hybridized carbons (Fsp3) is 0.360. The summed E-state index contributed by atoms with van der Waals surface area (Å²) in [4.78, 5) is 17.6. The second-order valence-corrected chi connectivity index (χ2v) is 8.47. The zero-order chi connectivity index (χ0) is 22.0. The van der Waals surface area contributed by atoms with Gasteiger partial charge in [0.25, 0.3) is 5.91 Å². The molecule has 0 N–H and O–H groups in total. The van der Waals surface area contributed by atoms with E-state index in [2.05, 4.69) is 28.2 Å². The predicted molar refractivity (Wildman–Crippen MR) is 121 cm³/mol. The van der Waals surface area contributed by atoms with Gasteiger partial charge in [0, 0.05) is 32.4 Å². The van der Waals surface area contributed by atoms with Crippen molar-refractivity contribution in [2.45, 2.75) is 39.2 Å². The Kier molecular flexibility index (Phi) is 6.07. The summed E-state index contributed by atoms with van der Waals surface area (Å²) in [5.74, 6) is -0.278. The van der Waals surface area contributed by atoms with Gasteiger partial charge >= 0.3 is 0 Å². The molecule has 2 aromatic carbocycles. The number of nitrogens with zero attached hydrogens (tertiary/aromatic N) is 4. The third-order valence-corrected chi connectivity index (χ3v) is 5.85. The van der Waals surface area contributed by atoms with E-state index in [1.165, 1.54) is 30.7 Å². The molecule has 1 saturated heterocycles. The van der Waals surface area contributed by atoms with E-state index in [1.807, 2.05) is 27.0 Å². The second-order valence-electron chi connectivity index (χ2n) is 8.47. The van der Waals surface area contributed by atoms with Crippen LogP contribution in [0, 0.1) is 5.82 Å². The number of anilines is 1. The van der Waals surface area contributed by atoms with Crippen molar-refractivity contribution < 1.29 is 9.18 Å². The topological polar surface area (TPSA) is 41.4 Å². The van der Waals surface area contributed by atoms with Crippen LogP contribution < -0.4 is 4.90 Å². The van der Waals surface area contributed by atoms with Crippen LogP contribution in [0.3, 0.4) is 0 Å². The van der Waals surface area contributed by atoms with Crippen LogP contribution in [-0.4, -0.2) is 40.7 Å². The number of hydrogen-bond donors (Lipinski definition) is 0. The van der Waals surface area contributed by atoms with Gasteiger partial charge in [-0.25, -0.2) is 9.07 Å². The minimum Gasteiger partial charge on any atom is -0.371 e. The van der Waals surface area contributed by atoms with Crippen molar-refractivity contribution in [3.05, 3.63) is 77.4 Å². The molecule has 1 aliphatic rings. The van der Waals surface area contributed by atoms with Gasteiger partial charge < -0.3 is 9.80 Å². The summed E-state index contributed by atoms with van der Waals surface area (Å²) < 4.78 is 15.1. The molecule has 31 heavy (non-hydrogen) atoms. The summed E-state index contributed by atoms with van der Waals surface area (Å²) >= 11 is 0. The molecular weight excluding hydrogens is 391 g/mol. The Labute approximate surface area is 183 Å². The first kappa shape index (κ1) is 21.1. The van der Waals surface area contributed by atoms with E-state index in [0.29, 0.717) is 12.1 Å². The first-order chi connectivity index (χ1) is 15.0. The summed E-state index contributed by atoms with van der Waals surface area (Å²) in [5.41, 5.74) is 4.52. The zero-order valence-electron chi connectivity index (χ0n) is 18.4. The molecule has 0 radical (unpaired) electrons. The molecule has 0 unspecified atom stereocenters. The van der Waals surface area contributed by atoms with E-state index >= 15 is 0 Å². The monoisotopic (exact) mass is 420 g/mol. The van der Waals surface area contributed by atoms with Gasteiger partial charge in [-0.15, -0.1) is 0 Å². The molecule has 0 saturated carbocycles. The van der Waals surface area contributed by atoms with Crippen LogP contribution >= 0.6 is 0 Å². The van der Waals surface area contributed by atoms with Gasteiger partial charge in [-0.3, -0.25) is 4.79 Å². The smallest absolute Gasteiger partial charge is 0.257 e. The Bertz CT molecular complexity index is 1050. The van der Waals surface area contributed by atoms with E-state index in [1.54, 1.807) is 27.9 Å². The molecule has 6 heteroatoms. The minimum atomic E-state index is -0.297. The molecule has 4 rings (SSSR count). The summed E-state index contributed by atoms with van der Waals surface area (Å²) in [7, 11) is 1.84. The number of amides is 1. The average molecular weight is 421 g/mol. The van der Waals surface area contributed by atoms with E-state index in [4.69, 9.17) is 0 Å². The summed E-state index contributed by atoms with van der Waals surface area (Å²) in [5, 5.41) is 4.47. The molecule has 162 valence electrons.